The number of pyridine rings is 1. The van der Waals surface area contributed by atoms with Crippen molar-refractivity contribution in [1.82, 2.24) is 14.4 Å². The number of aliphatic carboxylic acids is 1. The van der Waals surface area contributed by atoms with E-state index in [1.807, 2.05) is 36.3 Å². The molecule has 0 bridgehead atoms. The molecule has 0 saturated carbocycles. The molecule has 0 aromatic carbocycles. The van der Waals surface area contributed by atoms with E-state index >= 15 is 0 Å². The molecule has 1 aliphatic rings. The number of hydrogen-bond donors (Lipinski definition) is 1. The number of carboxylic acids is 1. The van der Waals surface area contributed by atoms with Gasteiger partial charge in [0.1, 0.15) is 0 Å². The van der Waals surface area contributed by atoms with Gasteiger partial charge in [-0.1, -0.05) is 6.07 Å². The van der Waals surface area contributed by atoms with Gasteiger partial charge in [0.15, 0.2) is 5.82 Å². The van der Waals surface area contributed by atoms with Crippen molar-refractivity contribution in [2.75, 3.05) is 11.9 Å². The molecule has 0 fully saturated rings. The summed E-state index contributed by atoms with van der Waals surface area (Å²) in [5.41, 5.74) is 4.15. The lowest BCUT2D eigenvalue weighted by molar-refractivity contribution is -0.136. The monoisotopic (exact) mass is 354 g/mol. The van der Waals surface area contributed by atoms with Crippen LogP contribution in [0.2, 0.25) is 0 Å². The van der Waals surface area contributed by atoms with E-state index in [9.17, 15) is 14.3 Å². The highest BCUT2D eigenvalue weighted by Crippen LogP contribution is 2.32. The van der Waals surface area contributed by atoms with Crippen molar-refractivity contribution in [3.8, 4) is 0 Å². The van der Waals surface area contributed by atoms with Crippen LogP contribution < -0.4 is 4.90 Å². The van der Waals surface area contributed by atoms with Crippen molar-refractivity contribution in [3.63, 3.8) is 0 Å². The zero-order valence-corrected chi connectivity index (χ0v) is 14.4. The Morgan fingerprint density at radius 2 is 2.15 bits per heavy atom. The number of likely N-dealkylation sites (N-methyl/N-ethyl adjacent to an activating group) is 1. The molecule has 1 unspecified atom stereocenters. The van der Waals surface area contributed by atoms with Gasteiger partial charge in [-0.25, -0.2) is 14.4 Å². The van der Waals surface area contributed by atoms with Crippen molar-refractivity contribution in [1.29, 1.82) is 0 Å². The molecule has 1 atom stereocenters. The summed E-state index contributed by atoms with van der Waals surface area (Å²) < 4.78 is 15.2. The predicted molar refractivity (Wildman–Crippen MR) is 94.9 cm³/mol. The number of rotatable bonds is 4. The smallest absolute Gasteiger partial charge is 0.307 e. The minimum atomic E-state index is -0.817. The number of halogens is 1. The Labute approximate surface area is 149 Å². The van der Waals surface area contributed by atoms with Gasteiger partial charge in [0.05, 0.1) is 18.8 Å². The molecule has 7 heteroatoms. The summed E-state index contributed by atoms with van der Waals surface area (Å²) in [4.78, 5) is 21.4. The minimum absolute atomic E-state index is 0.0322. The summed E-state index contributed by atoms with van der Waals surface area (Å²) in [6.07, 6.45) is 6.79. The van der Waals surface area contributed by atoms with Gasteiger partial charge < -0.3 is 14.4 Å². The molecule has 0 aliphatic heterocycles. The fraction of sp³-hybridized carbons (Fsp3) is 0.316. The lowest BCUT2D eigenvalue weighted by atomic mass is 9.89. The van der Waals surface area contributed by atoms with Crippen LogP contribution in [0.15, 0.2) is 36.8 Å². The zero-order valence-electron chi connectivity index (χ0n) is 14.4. The first-order valence-corrected chi connectivity index (χ1v) is 8.56. The van der Waals surface area contributed by atoms with Crippen LogP contribution in [-0.2, 0) is 24.1 Å². The Bertz CT molecular complexity index is 968. The highest BCUT2D eigenvalue weighted by atomic mass is 19.1. The number of nitrogens with zero attached hydrogens (tertiary/aromatic N) is 4. The molecule has 0 amide bonds. The summed E-state index contributed by atoms with van der Waals surface area (Å²) in [6, 6.07) is 6.03. The molecule has 0 saturated heterocycles. The van der Waals surface area contributed by atoms with Gasteiger partial charge in [0.25, 0.3) is 0 Å². The van der Waals surface area contributed by atoms with Gasteiger partial charge in [0, 0.05) is 36.9 Å². The van der Waals surface area contributed by atoms with Crippen LogP contribution in [0, 0.1) is 5.82 Å². The second-order valence-electron chi connectivity index (χ2n) is 6.64. The summed E-state index contributed by atoms with van der Waals surface area (Å²) >= 11 is 0. The molecule has 6 nitrogen and oxygen atoms in total. The van der Waals surface area contributed by atoms with Crippen molar-refractivity contribution in [2.24, 2.45) is 0 Å². The molecule has 3 aromatic heterocycles. The second kappa shape index (κ2) is 6.40. The van der Waals surface area contributed by atoms with Gasteiger partial charge in [-0.05, 0) is 36.1 Å². The maximum atomic E-state index is 13.1. The Hall–Kier alpha value is -2.96. The molecule has 1 aliphatic carbocycles. The SMILES string of the molecule is CN(c1ncc(F)cn1)C1CCc2c(CC(=O)O)c3ccccn3c2C1. The molecule has 26 heavy (non-hydrogen) atoms. The molecule has 3 heterocycles. The van der Waals surface area contributed by atoms with Crippen LogP contribution >= 0.6 is 0 Å². The van der Waals surface area contributed by atoms with E-state index in [0.29, 0.717) is 5.95 Å². The highest BCUT2D eigenvalue weighted by molar-refractivity contribution is 5.77. The number of carboxylic acid groups (broad SMARTS) is 1. The number of anilines is 1. The first kappa shape index (κ1) is 16.5. The molecule has 4 rings (SSSR count). The average molecular weight is 354 g/mol. The van der Waals surface area contributed by atoms with Crippen LogP contribution in [0.3, 0.4) is 0 Å². The van der Waals surface area contributed by atoms with E-state index in [4.69, 9.17) is 0 Å². The molecule has 1 N–H and O–H groups in total. The largest absolute Gasteiger partial charge is 0.481 e. The van der Waals surface area contributed by atoms with Gasteiger partial charge in [-0.2, -0.15) is 0 Å². The Balaban J connectivity index is 1.70. The van der Waals surface area contributed by atoms with Crippen molar-refractivity contribution in [2.45, 2.75) is 31.7 Å². The molecular formula is C19H19FN4O2. The first-order chi connectivity index (χ1) is 12.5. The van der Waals surface area contributed by atoms with E-state index in [-0.39, 0.29) is 12.5 Å². The summed E-state index contributed by atoms with van der Waals surface area (Å²) in [5, 5.41) is 9.29. The minimum Gasteiger partial charge on any atom is -0.481 e. The van der Waals surface area contributed by atoms with Gasteiger partial charge in [-0.3, -0.25) is 4.79 Å². The van der Waals surface area contributed by atoms with Crippen molar-refractivity contribution in [3.05, 3.63) is 59.4 Å². The third-order valence-corrected chi connectivity index (χ3v) is 5.13. The summed E-state index contributed by atoms with van der Waals surface area (Å²) in [6.45, 7) is 0. The van der Waals surface area contributed by atoms with Crippen molar-refractivity contribution >= 4 is 17.4 Å². The lowest BCUT2D eigenvalue weighted by Gasteiger charge is -2.31. The van der Waals surface area contributed by atoms with Crippen LogP contribution in [0.25, 0.3) is 5.52 Å². The maximum Gasteiger partial charge on any atom is 0.307 e. The van der Waals surface area contributed by atoms with Crippen LogP contribution in [0.1, 0.15) is 23.2 Å². The van der Waals surface area contributed by atoms with E-state index in [1.165, 1.54) is 12.4 Å². The van der Waals surface area contributed by atoms with E-state index in [0.717, 1.165) is 41.6 Å². The van der Waals surface area contributed by atoms with Crippen LogP contribution in [-0.4, -0.2) is 38.5 Å². The molecular weight excluding hydrogens is 335 g/mol. The molecule has 0 spiro atoms. The highest BCUT2D eigenvalue weighted by Gasteiger charge is 2.29. The predicted octanol–water partition coefficient (Wildman–Crippen LogP) is 2.49. The first-order valence-electron chi connectivity index (χ1n) is 8.56. The van der Waals surface area contributed by atoms with E-state index < -0.39 is 11.8 Å². The normalized spacial score (nSPS) is 16.5. The van der Waals surface area contributed by atoms with Gasteiger partial charge in [-0.15, -0.1) is 0 Å². The standard InChI is InChI=1S/C19H19FN4O2/c1-23(19-21-10-12(20)11-22-19)13-5-6-14-15(9-18(25)26)16-4-2-3-7-24(16)17(14)8-13/h2-4,7,10-11,13H,5-6,8-9H2,1H3,(H,25,26). The zero-order chi connectivity index (χ0) is 18.3. The average Bonchev–Trinajstić information content (AvgIpc) is 2.95. The third-order valence-electron chi connectivity index (χ3n) is 5.13. The summed E-state index contributed by atoms with van der Waals surface area (Å²) in [7, 11) is 1.91. The number of fused-ring (bicyclic) bond motifs is 3. The summed E-state index contributed by atoms with van der Waals surface area (Å²) in [5.74, 6) is -0.779. The maximum absolute atomic E-state index is 13.1. The van der Waals surface area contributed by atoms with Gasteiger partial charge in [0.2, 0.25) is 5.95 Å². The molecule has 3 aromatic rings. The van der Waals surface area contributed by atoms with Gasteiger partial charge >= 0.3 is 5.97 Å². The van der Waals surface area contributed by atoms with Crippen LogP contribution in [0.5, 0.6) is 0 Å². The fourth-order valence-corrected chi connectivity index (χ4v) is 3.88. The Morgan fingerprint density at radius 1 is 1.38 bits per heavy atom. The lowest BCUT2D eigenvalue weighted by Crippen LogP contribution is -2.38. The quantitative estimate of drug-likeness (QED) is 0.779. The topological polar surface area (TPSA) is 70.7 Å². The van der Waals surface area contributed by atoms with Crippen LogP contribution in [0.4, 0.5) is 10.3 Å². The third kappa shape index (κ3) is 2.79. The Morgan fingerprint density at radius 3 is 2.88 bits per heavy atom. The number of hydrogen-bond acceptors (Lipinski definition) is 4. The molecule has 134 valence electrons. The number of aromatic nitrogens is 3. The fourth-order valence-electron chi connectivity index (χ4n) is 3.88. The van der Waals surface area contributed by atoms with E-state index in [1.54, 1.807) is 0 Å². The molecule has 0 radical (unpaired) electrons. The second-order valence-corrected chi connectivity index (χ2v) is 6.64. The number of carbonyl (C=O) groups is 1. The Kier molecular flexibility index (Phi) is 4.06. The van der Waals surface area contributed by atoms with E-state index in [2.05, 4.69) is 14.4 Å². The van der Waals surface area contributed by atoms with Crippen molar-refractivity contribution < 1.29 is 14.3 Å².